The summed E-state index contributed by atoms with van der Waals surface area (Å²) in [5.41, 5.74) is 0. The molecule has 0 aromatic rings. The molecule has 11 heteroatoms. The van der Waals surface area contributed by atoms with Gasteiger partial charge in [-0.05, 0) is 51.4 Å². The number of amides is 1. The maximum atomic E-state index is 13.2. The highest BCUT2D eigenvalue weighted by atomic mass is 16.7. The number of aliphatic hydroxyl groups excluding tert-OH is 7. The van der Waals surface area contributed by atoms with Crippen molar-refractivity contribution in [2.24, 2.45) is 0 Å². The fraction of sp³-hybridized carbons (Fsp3) is 0.915. The topological polar surface area (TPSA) is 189 Å². The van der Waals surface area contributed by atoms with Crippen LogP contribution >= 0.6 is 0 Å². The van der Waals surface area contributed by atoms with E-state index in [4.69, 9.17) is 9.47 Å². The van der Waals surface area contributed by atoms with Crippen molar-refractivity contribution in [1.29, 1.82) is 0 Å². The first-order valence-electron chi connectivity index (χ1n) is 29.7. The molecule has 8 N–H and O–H groups in total. The predicted octanol–water partition coefficient (Wildman–Crippen LogP) is 12.5. The average molecular weight is 997 g/mol. The van der Waals surface area contributed by atoms with Gasteiger partial charge in [0.15, 0.2) is 6.29 Å². The Bertz CT molecular complexity index is 1190. The van der Waals surface area contributed by atoms with E-state index in [0.717, 1.165) is 38.5 Å². The van der Waals surface area contributed by atoms with E-state index >= 15 is 0 Å². The number of carbonyl (C=O) groups is 1. The van der Waals surface area contributed by atoms with E-state index in [2.05, 4.69) is 43.5 Å². The van der Waals surface area contributed by atoms with Crippen LogP contribution in [-0.2, 0) is 14.3 Å². The number of hydrogen-bond donors (Lipinski definition) is 8. The van der Waals surface area contributed by atoms with Gasteiger partial charge in [0.1, 0.15) is 36.6 Å². The number of unbranched alkanes of at least 4 members (excludes halogenated alkanes) is 35. The third-order valence-electron chi connectivity index (χ3n) is 14.5. The molecule has 1 fully saturated rings. The lowest BCUT2D eigenvalue weighted by atomic mass is 9.98. The summed E-state index contributed by atoms with van der Waals surface area (Å²) in [6, 6.07) is -1.19. The van der Waals surface area contributed by atoms with Crippen molar-refractivity contribution in [3.63, 3.8) is 0 Å². The summed E-state index contributed by atoms with van der Waals surface area (Å²) < 4.78 is 11.1. The third-order valence-corrected chi connectivity index (χ3v) is 14.5. The minimum atomic E-state index is -1.67. The smallest absolute Gasteiger partial charge is 0.249 e. The second-order valence-corrected chi connectivity index (χ2v) is 21.1. The van der Waals surface area contributed by atoms with E-state index in [9.17, 15) is 40.5 Å². The van der Waals surface area contributed by atoms with Gasteiger partial charge in [-0.2, -0.15) is 0 Å². The van der Waals surface area contributed by atoms with Crippen molar-refractivity contribution in [2.75, 3.05) is 13.2 Å². The molecule has 414 valence electrons. The lowest BCUT2D eigenvalue weighted by Gasteiger charge is -2.40. The van der Waals surface area contributed by atoms with Crippen molar-refractivity contribution < 1.29 is 50.0 Å². The van der Waals surface area contributed by atoms with E-state index in [1.54, 1.807) is 0 Å². The molecule has 0 saturated carbocycles. The molecule has 1 rings (SSSR count). The molecule has 1 heterocycles. The molecule has 1 amide bonds. The van der Waals surface area contributed by atoms with Gasteiger partial charge in [-0.25, -0.2) is 0 Å². The van der Waals surface area contributed by atoms with Crippen molar-refractivity contribution in [2.45, 2.75) is 332 Å². The Hall–Kier alpha value is -1.41. The van der Waals surface area contributed by atoms with Gasteiger partial charge in [0.25, 0.3) is 0 Å². The molecule has 9 unspecified atom stereocenters. The fourth-order valence-corrected chi connectivity index (χ4v) is 9.64. The second kappa shape index (κ2) is 48.5. The summed E-state index contributed by atoms with van der Waals surface area (Å²) in [5, 5.41) is 76.1. The van der Waals surface area contributed by atoms with Crippen LogP contribution in [0.25, 0.3) is 0 Å². The Kier molecular flexibility index (Phi) is 46.2. The van der Waals surface area contributed by atoms with Crippen LogP contribution in [0.4, 0.5) is 0 Å². The molecule has 0 spiro atoms. The van der Waals surface area contributed by atoms with Crippen LogP contribution < -0.4 is 5.32 Å². The van der Waals surface area contributed by atoms with Gasteiger partial charge in [-0.3, -0.25) is 4.79 Å². The van der Waals surface area contributed by atoms with Gasteiger partial charge in [-0.1, -0.05) is 250 Å². The molecular formula is C59H113NO10. The van der Waals surface area contributed by atoms with Crippen LogP contribution in [0.2, 0.25) is 0 Å². The van der Waals surface area contributed by atoms with Gasteiger partial charge in [0.05, 0.1) is 25.4 Å². The Labute approximate surface area is 429 Å². The van der Waals surface area contributed by atoms with Crippen molar-refractivity contribution in [3.05, 3.63) is 24.3 Å². The van der Waals surface area contributed by atoms with Crippen LogP contribution in [0.3, 0.4) is 0 Å². The van der Waals surface area contributed by atoms with E-state index in [-0.39, 0.29) is 12.8 Å². The molecule has 0 bridgehead atoms. The Morgan fingerprint density at radius 3 is 1.27 bits per heavy atom. The van der Waals surface area contributed by atoms with Crippen LogP contribution in [0.5, 0.6) is 0 Å². The molecule has 9 atom stereocenters. The standard InChI is InChI=1S/C59H113NO10/c1-3-5-7-9-11-13-15-17-19-21-23-24-25-26-27-28-29-31-32-34-36-38-40-42-44-46-51(62)54(64)50(49-69-59-57(67)56(66)55(65)53(48-61)70-59)60-58(68)52(63)47-45-43-41-39-37-35-33-30-22-20-18-16-14-12-10-8-6-4-2/h31-32,38,40,50-57,59,61-67H,3-30,33-37,39,41-49H2,1-2H3,(H,60,68)/b32-31+,40-38+. The monoisotopic (exact) mass is 996 g/mol. The molecule has 1 aliphatic heterocycles. The minimum absolute atomic E-state index is 0.249. The van der Waals surface area contributed by atoms with Gasteiger partial charge in [0, 0.05) is 0 Å². The average Bonchev–Trinajstić information content (AvgIpc) is 3.36. The number of ether oxygens (including phenoxy) is 2. The van der Waals surface area contributed by atoms with Crippen molar-refractivity contribution >= 4 is 5.91 Å². The van der Waals surface area contributed by atoms with Gasteiger partial charge in [-0.15, -0.1) is 0 Å². The molecule has 70 heavy (non-hydrogen) atoms. The SMILES string of the molecule is CCCCCCCCCCCCCCCCCC/C=C/CC/C=C/CCCC(O)C(O)C(COC1OC(CO)C(O)C(O)C1O)NC(=O)C(O)CCCCCCCCCCCCCCCCCCCC. The Morgan fingerprint density at radius 1 is 0.486 bits per heavy atom. The first-order chi connectivity index (χ1) is 34.2. The quantitative estimate of drug-likeness (QED) is 0.0215. The zero-order valence-corrected chi connectivity index (χ0v) is 45.3. The molecule has 1 aliphatic rings. The number of allylic oxidation sites excluding steroid dienone is 4. The second-order valence-electron chi connectivity index (χ2n) is 21.1. The number of hydrogen-bond acceptors (Lipinski definition) is 10. The van der Waals surface area contributed by atoms with Crippen LogP contribution in [0.1, 0.15) is 277 Å². The largest absolute Gasteiger partial charge is 0.394 e. The summed E-state index contributed by atoms with van der Waals surface area (Å²) in [6.07, 6.45) is 46.7. The lowest BCUT2D eigenvalue weighted by Crippen LogP contribution is -2.60. The summed E-state index contributed by atoms with van der Waals surface area (Å²) >= 11 is 0. The highest BCUT2D eigenvalue weighted by molar-refractivity contribution is 5.80. The van der Waals surface area contributed by atoms with E-state index in [1.165, 1.54) is 193 Å². The van der Waals surface area contributed by atoms with Crippen molar-refractivity contribution in [1.82, 2.24) is 5.32 Å². The first-order valence-corrected chi connectivity index (χ1v) is 29.7. The highest BCUT2D eigenvalue weighted by Crippen LogP contribution is 2.23. The van der Waals surface area contributed by atoms with E-state index < -0.39 is 74.2 Å². The van der Waals surface area contributed by atoms with E-state index in [0.29, 0.717) is 19.3 Å². The number of rotatable bonds is 51. The fourth-order valence-electron chi connectivity index (χ4n) is 9.64. The zero-order valence-electron chi connectivity index (χ0n) is 45.3. The molecule has 0 radical (unpaired) electrons. The molecule has 1 saturated heterocycles. The van der Waals surface area contributed by atoms with Crippen molar-refractivity contribution in [3.8, 4) is 0 Å². The summed E-state index contributed by atoms with van der Waals surface area (Å²) in [7, 11) is 0. The molecule has 0 aromatic heterocycles. The van der Waals surface area contributed by atoms with E-state index in [1.807, 2.05) is 0 Å². The summed E-state index contributed by atoms with van der Waals surface area (Å²) in [4.78, 5) is 13.2. The maximum absolute atomic E-state index is 13.2. The molecular weight excluding hydrogens is 883 g/mol. The Balaban J connectivity index is 2.32. The highest BCUT2D eigenvalue weighted by Gasteiger charge is 2.44. The summed E-state index contributed by atoms with van der Waals surface area (Å²) in [6.45, 7) is 3.47. The first kappa shape index (κ1) is 66.6. The lowest BCUT2D eigenvalue weighted by molar-refractivity contribution is -0.303. The predicted molar refractivity (Wildman–Crippen MR) is 289 cm³/mol. The number of nitrogens with one attached hydrogen (secondary N) is 1. The maximum Gasteiger partial charge on any atom is 0.249 e. The minimum Gasteiger partial charge on any atom is -0.394 e. The van der Waals surface area contributed by atoms with Gasteiger partial charge >= 0.3 is 0 Å². The Morgan fingerprint density at radius 2 is 0.857 bits per heavy atom. The van der Waals surface area contributed by atoms with Crippen LogP contribution in [-0.4, -0.2) is 110 Å². The van der Waals surface area contributed by atoms with Gasteiger partial charge in [0.2, 0.25) is 5.91 Å². The number of carbonyl (C=O) groups excluding carboxylic acids is 1. The van der Waals surface area contributed by atoms with Gasteiger partial charge < -0.3 is 50.5 Å². The molecule has 11 nitrogen and oxygen atoms in total. The zero-order chi connectivity index (χ0) is 51.1. The van der Waals surface area contributed by atoms with Crippen LogP contribution in [0, 0.1) is 0 Å². The molecule has 0 aromatic carbocycles. The summed E-state index contributed by atoms with van der Waals surface area (Å²) in [5.74, 6) is -0.706. The molecule has 0 aliphatic carbocycles. The third kappa shape index (κ3) is 36.5. The van der Waals surface area contributed by atoms with Crippen LogP contribution in [0.15, 0.2) is 24.3 Å². The normalized spacial score (nSPS) is 20.4. The number of aliphatic hydroxyl groups is 7.